The van der Waals surface area contributed by atoms with Gasteiger partial charge in [-0.25, -0.2) is 9.13 Å². The fraction of sp³-hybridized carbons (Fsp3) is 0.945. The Labute approximate surface area is 562 Å². The Balaban J connectivity index is 5.22. The van der Waals surface area contributed by atoms with Crippen LogP contribution >= 0.6 is 15.6 Å². The molecule has 0 aliphatic rings. The first kappa shape index (κ1) is 90.1. The number of phosphoric acid groups is 2. The maximum absolute atomic E-state index is 13.1. The molecule has 19 heteroatoms. The smallest absolute Gasteiger partial charge is 0.462 e. The highest BCUT2D eigenvalue weighted by Gasteiger charge is 2.30. The Morgan fingerprint density at radius 3 is 0.739 bits per heavy atom. The molecule has 5 atom stereocenters. The molecular formula is C73H142O17P2. The lowest BCUT2D eigenvalue weighted by Crippen LogP contribution is -2.30. The van der Waals surface area contributed by atoms with Gasteiger partial charge in [0.1, 0.15) is 19.3 Å². The van der Waals surface area contributed by atoms with Crippen molar-refractivity contribution in [3.63, 3.8) is 0 Å². The summed E-state index contributed by atoms with van der Waals surface area (Å²) in [6.45, 7) is 11.8. The van der Waals surface area contributed by atoms with Crippen molar-refractivity contribution in [3.05, 3.63) is 0 Å². The van der Waals surface area contributed by atoms with Crippen LogP contribution in [-0.2, 0) is 65.4 Å². The molecule has 0 aliphatic carbocycles. The molecule has 0 aromatic heterocycles. The molecule has 0 aliphatic heterocycles. The SMILES string of the molecule is CCCCCCCCCCCCCCCCCC(=O)OC[C@H](COP(=O)(O)OC[C@@H](O)COP(=O)(O)OC[C@@H](COC(=O)CCCCCCCCC(C)C)OC(=O)CCCCCCCCCC(C)C)OC(=O)CCCCCCCCCCCCCCCCCC(C)C. The second kappa shape index (κ2) is 63.8. The number of aliphatic hydroxyl groups excluding tert-OH is 1. The van der Waals surface area contributed by atoms with Crippen molar-refractivity contribution < 1.29 is 80.2 Å². The molecule has 0 bridgehead atoms. The molecule has 0 radical (unpaired) electrons. The van der Waals surface area contributed by atoms with Crippen LogP contribution in [0.1, 0.15) is 370 Å². The van der Waals surface area contributed by atoms with Gasteiger partial charge in [0, 0.05) is 25.7 Å². The predicted octanol–water partition coefficient (Wildman–Crippen LogP) is 21.0. The number of carbonyl (C=O) groups excluding carboxylic acids is 4. The molecule has 92 heavy (non-hydrogen) atoms. The molecule has 2 unspecified atom stereocenters. The Morgan fingerprint density at radius 1 is 0.293 bits per heavy atom. The van der Waals surface area contributed by atoms with Crippen molar-refractivity contribution in [2.24, 2.45) is 17.8 Å². The van der Waals surface area contributed by atoms with E-state index in [-0.39, 0.29) is 25.7 Å². The van der Waals surface area contributed by atoms with Crippen LogP contribution < -0.4 is 0 Å². The second-order valence-corrected chi connectivity index (χ2v) is 30.7. The monoisotopic (exact) mass is 1350 g/mol. The minimum atomic E-state index is -4.96. The molecule has 0 aromatic rings. The van der Waals surface area contributed by atoms with Crippen molar-refractivity contribution in [3.8, 4) is 0 Å². The molecule has 0 fully saturated rings. The van der Waals surface area contributed by atoms with E-state index in [4.69, 9.17) is 37.0 Å². The Hall–Kier alpha value is -1.94. The zero-order valence-corrected chi connectivity index (χ0v) is 61.8. The van der Waals surface area contributed by atoms with E-state index in [2.05, 4.69) is 48.5 Å². The average molecular weight is 1350 g/mol. The lowest BCUT2D eigenvalue weighted by Gasteiger charge is -2.21. The maximum atomic E-state index is 13.1. The Kier molecular flexibility index (Phi) is 62.4. The molecule has 0 spiro atoms. The Bertz CT molecular complexity index is 1800. The van der Waals surface area contributed by atoms with Gasteiger partial charge in [0.05, 0.1) is 26.4 Å². The van der Waals surface area contributed by atoms with E-state index >= 15 is 0 Å². The van der Waals surface area contributed by atoms with Crippen LogP contribution in [0.4, 0.5) is 0 Å². The summed E-state index contributed by atoms with van der Waals surface area (Å²) in [7, 11) is -9.90. The molecule has 17 nitrogen and oxygen atoms in total. The van der Waals surface area contributed by atoms with Crippen LogP contribution in [0.2, 0.25) is 0 Å². The number of carbonyl (C=O) groups is 4. The summed E-state index contributed by atoms with van der Waals surface area (Å²) >= 11 is 0. The van der Waals surface area contributed by atoms with Crippen LogP contribution in [0.5, 0.6) is 0 Å². The Morgan fingerprint density at radius 2 is 0.500 bits per heavy atom. The van der Waals surface area contributed by atoms with Gasteiger partial charge < -0.3 is 33.8 Å². The summed E-state index contributed by atoms with van der Waals surface area (Å²) < 4.78 is 68.3. The van der Waals surface area contributed by atoms with E-state index in [1.807, 2.05) is 0 Å². The van der Waals surface area contributed by atoms with Gasteiger partial charge in [0.25, 0.3) is 0 Å². The van der Waals surface area contributed by atoms with Gasteiger partial charge in [0.15, 0.2) is 12.2 Å². The second-order valence-electron chi connectivity index (χ2n) is 27.8. The molecule has 0 aromatic carbocycles. The number of esters is 4. The minimum absolute atomic E-state index is 0.102. The van der Waals surface area contributed by atoms with Crippen molar-refractivity contribution in [2.75, 3.05) is 39.6 Å². The van der Waals surface area contributed by atoms with E-state index < -0.39 is 97.5 Å². The van der Waals surface area contributed by atoms with Crippen molar-refractivity contribution in [2.45, 2.75) is 388 Å². The third-order valence-corrected chi connectivity index (χ3v) is 18.8. The van der Waals surface area contributed by atoms with E-state index in [0.717, 1.165) is 102 Å². The van der Waals surface area contributed by atoms with Gasteiger partial charge in [-0.05, 0) is 43.4 Å². The highest BCUT2D eigenvalue weighted by molar-refractivity contribution is 7.47. The number of hydrogen-bond donors (Lipinski definition) is 3. The molecule has 0 heterocycles. The van der Waals surface area contributed by atoms with Crippen molar-refractivity contribution in [1.82, 2.24) is 0 Å². The quantitative estimate of drug-likeness (QED) is 0.0222. The third-order valence-electron chi connectivity index (χ3n) is 16.9. The normalized spacial score (nSPS) is 14.1. The molecule has 0 amide bonds. The summed E-state index contributed by atoms with van der Waals surface area (Å²) in [6, 6.07) is 0. The summed E-state index contributed by atoms with van der Waals surface area (Å²) in [4.78, 5) is 72.6. The van der Waals surface area contributed by atoms with E-state index in [9.17, 15) is 43.2 Å². The fourth-order valence-corrected chi connectivity index (χ4v) is 12.7. The topological polar surface area (TPSA) is 237 Å². The maximum Gasteiger partial charge on any atom is 0.472 e. The van der Waals surface area contributed by atoms with Crippen LogP contribution in [0.3, 0.4) is 0 Å². The first-order valence-corrected chi connectivity index (χ1v) is 40.8. The largest absolute Gasteiger partial charge is 0.472 e. The number of unbranched alkanes of at least 4 members (excludes halogenated alkanes) is 39. The molecule has 0 saturated carbocycles. The number of ether oxygens (including phenoxy) is 4. The minimum Gasteiger partial charge on any atom is -0.462 e. The highest BCUT2D eigenvalue weighted by Crippen LogP contribution is 2.45. The molecule has 0 saturated heterocycles. The summed E-state index contributed by atoms with van der Waals surface area (Å²) in [6.07, 6.45) is 48.9. The van der Waals surface area contributed by atoms with E-state index in [0.29, 0.717) is 37.5 Å². The van der Waals surface area contributed by atoms with Crippen LogP contribution in [0.15, 0.2) is 0 Å². The summed E-state index contributed by atoms with van der Waals surface area (Å²) in [5.74, 6) is 0.0521. The number of hydrogen-bond acceptors (Lipinski definition) is 15. The molecular weight excluding hydrogens is 1210 g/mol. The van der Waals surface area contributed by atoms with Gasteiger partial charge in [-0.1, -0.05) is 318 Å². The number of phosphoric ester groups is 2. The van der Waals surface area contributed by atoms with Crippen LogP contribution in [-0.4, -0.2) is 96.7 Å². The number of aliphatic hydroxyl groups is 1. The van der Waals surface area contributed by atoms with Crippen LogP contribution in [0, 0.1) is 17.8 Å². The number of rotatable bonds is 71. The van der Waals surface area contributed by atoms with E-state index in [1.165, 1.54) is 173 Å². The lowest BCUT2D eigenvalue weighted by molar-refractivity contribution is -0.161. The fourth-order valence-electron chi connectivity index (χ4n) is 11.1. The summed E-state index contributed by atoms with van der Waals surface area (Å²) in [5, 5.41) is 10.6. The van der Waals surface area contributed by atoms with E-state index in [1.54, 1.807) is 0 Å². The zero-order chi connectivity index (χ0) is 68.0. The standard InChI is InChI=1S/C73H142O17P2/c1-8-9-10-11-12-13-14-15-17-21-24-27-32-40-47-54-70(75)83-60-68(89-72(77)56-49-42-33-28-25-22-19-16-18-20-23-26-30-37-44-51-64(2)3)62-87-91(79,80)85-58-67(74)59-86-92(81,82)88-63-69(61-84-71(76)55-48-41-36-35-39-46-53-66(6)7)90-73(78)57-50-43-34-29-31-38-45-52-65(4)5/h64-69,74H,8-63H2,1-7H3,(H,79,80)(H,81,82)/t67-,68-,69-/m1/s1. The molecule has 546 valence electrons. The van der Waals surface area contributed by atoms with Gasteiger partial charge >= 0.3 is 39.5 Å². The van der Waals surface area contributed by atoms with Gasteiger partial charge in [-0.3, -0.25) is 37.3 Å². The van der Waals surface area contributed by atoms with Gasteiger partial charge in [0.2, 0.25) is 0 Å². The van der Waals surface area contributed by atoms with Crippen molar-refractivity contribution in [1.29, 1.82) is 0 Å². The average Bonchev–Trinajstić information content (AvgIpc) is 3.73. The van der Waals surface area contributed by atoms with Gasteiger partial charge in [-0.2, -0.15) is 0 Å². The first-order chi connectivity index (χ1) is 44.2. The predicted molar refractivity (Wildman–Crippen MR) is 372 cm³/mol. The van der Waals surface area contributed by atoms with Crippen molar-refractivity contribution >= 4 is 39.5 Å². The zero-order valence-electron chi connectivity index (χ0n) is 60.0. The summed E-state index contributed by atoms with van der Waals surface area (Å²) in [5.41, 5.74) is 0. The first-order valence-electron chi connectivity index (χ1n) is 37.8. The lowest BCUT2D eigenvalue weighted by atomic mass is 10.0. The van der Waals surface area contributed by atoms with Gasteiger partial charge in [-0.15, -0.1) is 0 Å². The molecule has 0 rings (SSSR count). The third kappa shape index (κ3) is 66.7. The van der Waals surface area contributed by atoms with Crippen LogP contribution in [0.25, 0.3) is 0 Å². The highest BCUT2D eigenvalue weighted by atomic mass is 31.2. The molecule has 3 N–H and O–H groups in total.